The molecule has 0 aliphatic rings. The number of methoxy groups -OCH3 is 1. The number of hydrogen-bond acceptors (Lipinski definition) is 3. The van der Waals surface area contributed by atoms with E-state index in [0.717, 1.165) is 11.4 Å². The van der Waals surface area contributed by atoms with Crippen LogP contribution < -0.4 is 15.4 Å². The first-order valence-corrected chi connectivity index (χ1v) is 9.86. The molecule has 0 aliphatic heterocycles. The maximum atomic E-state index is 12.7. The second-order valence-electron chi connectivity index (χ2n) is 7.43. The predicted molar refractivity (Wildman–Crippen MR) is 120 cm³/mol. The summed E-state index contributed by atoms with van der Waals surface area (Å²) in [6.45, 7) is 8.14. The number of amides is 2. The van der Waals surface area contributed by atoms with Crippen LogP contribution in [0.4, 0.5) is 11.4 Å². The second-order valence-corrected chi connectivity index (χ2v) is 7.43. The van der Waals surface area contributed by atoms with Crippen molar-refractivity contribution in [1.29, 1.82) is 0 Å². The Hall–Kier alpha value is -3.54. The van der Waals surface area contributed by atoms with Gasteiger partial charge in [-0.25, -0.2) is 0 Å². The van der Waals surface area contributed by atoms with Crippen molar-refractivity contribution in [2.75, 3.05) is 17.7 Å². The van der Waals surface area contributed by atoms with Crippen LogP contribution in [0.5, 0.6) is 5.75 Å². The van der Waals surface area contributed by atoms with Gasteiger partial charge < -0.3 is 19.9 Å². The Balaban J connectivity index is 1.71. The number of anilines is 2. The molecule has 30 heavy (non-hydrogen) atoms. The summed E-state index contributed by atoms with van der Waals surface area (Å²) in [6, 6.07) is 16.2. The van der Waals surface area contributed by atoms with E-state index in [0.29, 0.717) is 28.3 Å². The van der Waals surface area contributed by atoms with Gasteiger partial charge in [0, 0.05) is 28.7 Å². The molecule has 6 heteroatoms. The van der Waals surface area contributed by atoms with E-state index in [1.54, 1.807) is 43.5 Å². The number of benzene rings is 2. The van der Waals surface area contributed by atoms with Gasteiger partial charge in [-0.2, -0.15) is 0 Å². The van der Waals surface area contributed by atoms with Crippen LogP contribution in [0.15, 0.2) is 54.6 Å². The molecule has 1 heterocycles. The van der Waals surface area contributed by atoms with Crippen molar-refractivity contribution in [3.63, 3.8) is 0 Å². The monoisotopic (exact) mass is 405 g/mol. The molecule has 0 bridgehead atoms. The topological polar surface area (TPSA) is 72.4 Å². The number of aryl methyl sites for hydroxylation is 1. The van der Waals surface area contributed by atoms with Gasteiger partial charge in [-0.3, -0.25) is 9.59 Å². The number of ether oxygens (including phenoxy) is 1. The lowest BCUT2D eigenvalue weighted by Gasteiger charge is -2.13. The average Bonchev–Trinajstić information content (AvgIpc) is 3.03. The van der Waals surface area contributed by atoms with Gasteiger partial charge in [0.25, 0.3) is 11.8 Å². The van der Waals surface area contributed by atoms with Gasteiger partial charge in [-0.05, 0) is 70.2 Å². The smallest absolute Gasteiger partial charge is 0.257 e. The number of rotatable bonds is 6. The first-order valence-electron chi connectivity index (χ1n) is 9.86. The van der Waals surface area contributed by atoms with E-state index < -0.39 is 0 Å². The van der Waals surface area contributed by atoms with E-state index in [1.807, 2.05) is 32.0 Å². The number of carbonyl (C=O) groups excluding carboxylic acids is 2. The normalized spacial score (nSPS) is 10.7. The van der Waals surface area contributed by atoms with E-state index in [9.17, 15) is 9.59 Å². The minimum atomic E-state index is -0.252. The van der Waals surface area contributed by atoms with Crippen LogP contribution in [0.3, 0.4) is 0 Å². The van der Waals surface area contributed by atoms with Crippen molar-refractivity contribution < 1.29 is 14.3 Å². The fourth-order valence-electron chi connectivity index (χ4n) is 3.65. The fraction of sp³-hybridized carbons (Fsp3) is 0.250. The summed E-state index contributed by atoms with van der Waals surface area (Å²) in [5.74, 6) is 0.174. The Labute approximate surface area is 176 Å². The second kappa shape index (κ2) is 8.86. The van der Waals surface area contributed by atoms with Crippen LogP contribution in [0.1, 0.15) is 52.0 Å². The van der Waals surface area contributed by atoms with E-state index in [1.165, 1.54) is 0 Å². The van der Waals surface area contributed by atoms with Gasteiger partial charge in [-0.1, -0.05) is 12.1 Å². The van der Waals surface area contributed by atoms with Crippen LogP contribution in [0, 0.1) is 13.8 Å². The summed E-state index contributed by atoms with van der Waals surface area (Å²) in [5, 5.41) is 5.75. The zero-order valence-electron chi connectivity index (χ0n) is 17.9. The van der Waals surface area contributed by atoms with Gasteiger partial charge in [0.05, 0.1) is 18.4 Å². The molecule has 3 aromatic rings. The molecule has 0 spiro atoms. The number of para-hydroxylation sites is 2. The first kappa shape index (κ1) is 21.2. The fourth-order valence-corrected chi connectivity index (χ4v) is 3.65. The number of hydrogen-bond donors (Lipinski definition) is 2. The molecule has 0 unspecified atom stereocenters. The van der Waals surface area contributed by atoms with Crippen molar-refractivity contribution in [2.45, 2.75) is 33.7 Å². The van der Waals surface area contributed by atoms with Crippen molar-refractivity contribution in [1.82, 2.24) is 4.57 Å². The van der Waals surface area contributed by atoms with Crippen molar-refractivity contribution in [2.24, 2.45) is 0 Å². The Morgan fingerprint density at radius 2 is 1.60 bits per heavy atom. The Morgan fingerprint density at radius 1 is 0.933 bits per heavy atom. The highest BCUT2D eigenvalue weighted by molar-refractivity contribution is 6.07. The third-order valence-corrected chi connectivity index (χ3v) is 5.01. The van der Waals surface area contributed by atoms with Crippen LogP contribution in [-0.2, 0) is 0 Å². The third kappa shape index (κ3) is 4.38. The number of nitrogens with zero attached hydrogens (tertiary/aromatic N) is 1. The molecule has 0 aliphatic carbocycles. The molecule has 3 rings (SSSR count). The lowest BCUT2D eigenvalue weighted by molar-refractivity contribution is 0.101. The zero-order chi connectivity index (χ0) is 21.8. The van der Waals surface area contributed by atoms with E-state index in [2.05, 4.69) is 29.0 Å². The lowest BCUT2D eigenvalue weighted by atomic mass is 10.1. The number of carbonyl (C=O) groups is 2. The molecule has 0 atom stereocenters. The molecular formula is C24H27N3O3. The standard InChI is InChI=1S/C24H27N3O3/c1-15(2)27-16(3)14-20(17(27)4)24(29)25-19-12-10-18(11-13-19)23(28)26-21-8-6-7-9-22(21)30-5/h6-15H,1-5H3,(H,25,29)(H,26,28). The number of nitrogens with one attached hydrogen (secondary N) is 2. The highest BCUT2D eigenvalue weighted by Crippen LogP contribution is 2.24. The van der Waals surface area contributed by atoms with Crippen molar-refractivity contribution in [3.05, 3.63) is 77.1 Å². The predicted octanol–water partition coefficient (Wildman–Crippen LogP) is 5.20. The van der Waals surface area contributed by atoms with Gasteiger partial charge >= 0.3 is 0 Å². The third-order valence-electron chi connectivity index (χ3n) is 5.01. The molecule has 156 valence electrons. The molecule has 0 radical (unpaired) electrons. The summed E-state index contributed by atoms with van der Waals surface area (Å²) >= 11 is 0. The van der Waals surface area contributed by atoms with Crippen LogP contribution in [0.2, 0.25) is 0 Å². The molecule has 0 saturated carbocycles. The minimum absolute atomic E-state index is 0.166. The van der Waals surface area contributed by atoms with E-state index >= 15 is 0 Å². The molecule has 1 aromatic heterocycles. The molecule has 6 nitrogen and oxygen atoms in total. The molecule has 0 saturated heterocycles. The van der Waals surface area contributed by atoms with E-state index in [4.69, 9.17) is 4.74 Å². The Bertz CT molecular complexity index is 1070. The van der Waals surface area contributed by atoms with Crippen LogP contribution in [0.25, 0.3) is 0 Å². The molecule has 2 N–H and O–H groups in total. The van der Waals surface area contributed by atoms with Crippen molar-refractivity contribution in [3.8, 4) is 5.75 Å². The Kier molecular flexibility index (Phi) is 6.26. The van der Waals surface area contributed by atoms with Gasteiger partial charge in [0.15, 0.2) is 0 Å². The van der Waals surface area contributed by atoms with E-state index in [-0.39, 0.29) is 17.9 Å². The summed E-state index contributed by atoms with van der Waals surface area (Å²) in [6.07, 6.45) is 0. The maximum Gasteiger partial charge on any atom is 0.257 e. The largest absolute Gasteiger partial charge is 0.495 e. The minimum Gasteiger partial charge on any atom is -0.495 e. The maximum absolute atomic E-state index is 12.7. The summed E-state index contributed by atoms with van der Waals surface area (Å²) in [4.78, 5) is 25.3. The van der Waals surface area contributed by atoms with Crippen LogP contribution in [-0.4, -0.2) is 23.5 Å². The highest BCUT2D eigenvalue weighted by atomic mass is 16.5. The molecule has 2 amide bonds. The van der Waals surface area contributed by atoms with Crippen molar-refractivity contribution >= 4 is 23.2 Å². The summed E-state index contributed by atoms with van der Waals surface area (Å²) < 4.78 is 7.40. The zero-order valence-corrected chi connectivity index (χ0v) is 17.9. The summed E-state index contributed by atoms with van der Waals surface area (Å²) in [7, 11) is 1.56. The SMILES string of the molecule is COc1ccccc1NC(=O)c1ccc(NC(=O)c2cc(C)n(C(C)C)c2C)cc1. The van der Waals surface area contributed by atoms with Gasteiger partial charge in [0.1, 0.15) is 5.75 Å². The molecule has 0 fully saturated rings. The average molecular weight is 405 g/mol. The first-order chi connectivity index (χ1) is 14.3. The number of aromatic nitrogens is 1. The molecule has 2 aromatic carbocycles. The van der Waals surface area contributed by atoms with Gasteiger partial charge in [-0.15, -0.1) is 0 Å². The molecular weight excluding hydrogens is 378 g/mol. The van der Waals surface area contributed by atoms with Crippen LogP contribution >= 0.6 is 0 Å². The van der Waals surface area contributed by atoms with Gasteiger partial charge in [0.2, 0.25) is 0 Å². The quantitative estimate of drug-likeness (QED) is 0.592. The highest BCUT2D eigenvalue weighted by Gasteiger charge is 2.17. The lowest BCUT2D eigenvalue weighted by Crippen LogP contribution is -2.15. The Morgan fingerprint density at radius 3 is 2.20 bits per heavy atom. The summed E-state index contributed by atoms with van der Waals surface area (Å²) in [5.41, 5.74) is 4.35.